The Morgan fingerprint density at radius 2 is 1.86 bits per heavy atom. The third-order valence-electron chi connectivity index (χ3n) is 3.46. The van der Waals surface area contributed by atoms with Gasteiger partial charge in [0.25, 0.3) is 0 Å². The van der Waals surface area contributed by atoms with Crippen molar-refractivity contribution in [1.29, 1.82) is 0 Å². The van der Waals surface area contributed by atoms with E-state index in [2.05, 4.69) is 34.1 Å². The average Bonchev–Trinajstić information content (AvgIpc) is 2.95. The first kappa shape index (κ1) is 13.9. The lowest BCUT2D eigenvalue weighted by molar-refractivity contribution is 0.251. The van der Waals surface area contributed by atoms with Crippen molar-refractivity contribution in [3.05, 3.63) is 64.2 Å². The Balaban J connectivity index is 1.55. The van der Waals surface area contributed by atoms with E-state index in [1.54, 1.807) is 24.3 Å². The highest BCUT2D eigenvalue weighted by atomic mass is 35.5. The smallest absolute Gasteiger partial charge is 0.319 e. The molecule has 0 unspecified atom stereocenters. The number of fused-ring (bicyclic) bond motifs is 1. The van der Waals surface area contributed by atoms with Crippen LogP contribution in [0, 0.1) is 0 Å². The van der Waals surface area contributed by atoms with Crippen LogP contribution in [0.5, 0.6) is 0 Å². The third kappa shape index (κ3) is 3.54. The zero-order valence-corrected chi connectivity index (χ0v) is 12.2. The number of anilines is 1. The van der Waals surface area contributed by atoms with Crippen molar-refractivity contribution in [1.82, 2.24) is 10.6 Å². The van der Waals surface area contributed by atoms with Gasteiger partial charge in [-0.3, -0.25) is 0 Å². The zero-order valence-electron chi connectivity index (χ0n) is 11.4. The highest BCUT2D eigenvalue weighted by molar-refractivity contribution is 6.30. The Hall–Kier alpha value is -2.04. The summed E-state index contributed by atoms with van der Waals surface area (Å²) in [6, 6.07) is 13.1. The van der Waals surface area contributed by atoms with Gasteiger partial charge in [-0.25, -0.2) is 4.79 Å². The van der Waals surface area contributed by atoms with Crippen LogP contribution in [-0.2, 0) is 19.6 Å². The van der Waals surface area contributed by atoms with Crippen LogP contribution in [0.25, 0.3) is 0 Å². The number of urea groups is 1. The van der Waals surface area contributed by atoms with Crippen LogP contribution < -0.4 is 16.0 Å². The maximum atomic E-state index is 11.8. The fraction of sp³-hybridized carbons (Fsp3) is 0.188. The standard InChI is InChI=1S/C16H16ClN3O/c17-14-3-5-15(6-4-14)20-16(21)19-8-11-1-2-12-9-18-10-13(12)7-11/h1-7,18H,8-10H2,(H2,19,20,21). The molecular formula is C16H16ClN3O. The maximum absolute atomic E-state index is 11.8. The summed E-state index contributed by atoms with van der Waals surface area (Å²) in [6.45, 7) is 2.34. The molecule has 0 spiro atoms. The molecule has 0 fully saturated rings. The number of hydrogen-bond acceptors (Lipinski definition) is 2. The van der Waals surface area contributed by atoms with Gasteiger partial charge in [0, 0.05) is 30.3 Å². The second kappa shape index (κ2) is 6.16. The van der Waals surface area contributed by atoms with Gasteiger partial charge in [-0.2, -0.15) is 0 Å². The highest BCUT2D eigenvalue weighted by Crippen LogP contribution is 2.17. The van der Waals surface area contributed by atoms with Crippen molar-refractivity contribution in [2.45, 2.75) is 19.6 Å². The molecule has 0 atom stereocenters. The number of carbonyl (C=O) groups is 1. The predicted molar refractivity (Wildman–Crippen MR) is 84.3 cm³/mol. The largest absolute Gasteiger partial charge is 0.334 e. The first-order valence-corrected chi connectivity index (χ1v) is 7.20. The molecule has 5 heteroatoms. The lowest BCUT2D eigenvalue weighted by atomic mass is 10.1. The lowest BCUT2D eigenvalue weighted by Crippen LogP contribution is -2.28. The summed E-state index contributed by atoms with van der Waals surface area (Å²) >= 11 is 5.80. The Kier molecular flexibility index (Phi) is 4.08. The molecule has 2 aromatic rings. The van der Waals surface area contributed by atoms with Crippen LogP contribution in [0.1, 0.15) is 16.7 Å². The summed E-state index contributed by atoms with van der Waals surface area (Å²) in [6.07, 6.45) is 0. The van der Waals surface area contributed by atoms with E-state index in [-0.39, 0.29) is 6.03 Å². The first-order valence-electron chi connectivity index (χ1n) is 6.82. The molecule has 108 valence electrons. The fourth-order valence-corrected chi connectivity index (χ4v) is 2.47. The van der Waals surface area contributed by atoms with E-state index in [9.17, 15) is 4.79 Å². The Labute approximate surface area is 128 Å². The quantitative estimate of drug-likeness (QED) is 0.815. The van der Waals surface area contributed by atoms with Gasteiger partial charge in [0.15, 0.2) is 0 Å². The summed E-state index contributed by atoms with van der Waals surface area (Å²) in [5.41, 5.74) is 4.47. The third-order valence-corrected chi connectivity index (χ3v) is 3.71. The van der Waals surface area contributed by atoms with E-state index in [0.29, 0.717) is 11.6 Å². The van der Waals surface area contributed by atoms with E-state index in [1.807, 2.05) is 0 Å². The minimum absolute atomic E-state index is 0.226. The van der Waals surface area contributed by atoms with Crippen molar-refractivity contribution in [2.24, 2.45) is 0 Å². The van der Waals surface area contributed by atoms with Crippen molar-refractivity contribution in [3.63, 3.8) is 0 Å². The molecule has 21 heavy (non-hydrogen) atoms. The Morgan fingerprint density at radius 3 is 2.67 bits per heavy atom. The van der Waals surface area contributed by atoms with Gasteiger partial charge in [-0.15, -0.1) is 0 Å². The van der Waals surface area contributed by atoms with Crippen LogP contribution in [0.3, 0.4) is 0 Å². The van der Waals surface area contributed by atoms with Crippen LogP contribution in [0.4, 0.5) is 10.5 Å². The summed E-state index contributed by atoms with van der Waals surface area (Å²) in [7, 11) is 0. The number of halogens is 1. The second-order valence-corrected chi connectivity index (χ2v) is 5.46. The van der Waals surface area contributed by atoms with Gasteiger partial charge in [0.05, 0.1) is 0 Å². The lowest BCUT2D eigenvalue weighted by Gasteiger charge is -2.09. The van der Waals surface area contributed by atoms with E-state index < -0.39 is 0 Å². The first-order chi connectivity index (χ1) is 10.2. The van der Waals surface area contributed by atoms with Crippen LogP contribution in [-0.4, -0.2) is 6.03 Å². The minimum Gasteiger partial charge on any atom is -0.334 e. The normalized spacial score (nSPS) is 12.8. The molecule has 0 saturated carbocycles. The second-order valence-electron chi connectivity index (χ2n) is 5.02. The van der Waals surface area contributed by atoms with E-state index >= 15 is 0 Å². The molecule has 1 aliphatic rings. The van der Waals surface area contributed by atoms with Crippen molar-refractivity contribution in [3.8, 4) is 0 Å². The summed E-state index contributed by atoms with van der Waals surface area (Å²) < 4.78 is 0. The monoisotopic (exact) mass is 301 g/mol. The molecule has 4 nitrogen and oxygen atoms in total. The highest BCUT2D eigenvalue weighted by Gasteiger charge is 2.10. The molecule has 2 aromatic carbocycles. The molecule has 0 aliphatic carbocycles. The van der Waals surface area contributed by atoms with Gasteiger partial charge in [-0.1, -0.05) is 29.8 Å². The number of benzene rings is 2. The fourth-order valence-electron chi connectivity index (χ4n) is 2.35. The molecule has 1 aliphatic heterocycles. The molecule has 0 bridgehead atoms. The van der Waals surface area contributed by atoms with Crippen molar-refractivity contribution in [2.75, 3.05) is 5.32 Å². The summed E-state index contributed by atoms with van der Waals surface area (Å²) in [5.74, 6) is 0. The van der Waals surface area contributed by atoms with E-state index in [4.69, 9.17) is 11.6 Å². The Morgan fingerprint density at radius 1 is 1.10 bits per heavy atom. The van der Waals surface area contributed by atoms with Crippen molar-refractivity contribution >= 4 is 23.3 Å². The van der Waals surface area contributed by atoms with Crippen molar-refractivity contribution < 1.29 is 4.79 Å². The minimum atomic E-state index is -0.226. The zero-order chi connectivity index (χ0) is 14.7. The summed E-state index contributed by atoms with van der Waals surface area (Å²) in [5, 5.41) is 9.57. The number of rotatable bonds is 3. The summed E-state index contributed by atoms with van der Waals surface area (Å²) in [4.78, 5) is 11.8. The van der Waals surface area contributed by atoms with E-state index in [0.717, 1.165) is 24.3 Å². The average molecular weight is 302 g/mol. The number of nitrogens with one attached hydrogen (secondary N) is 3. The van der Waals surface area contributed by atoms with Crippen LogP contribution in [0.2, 0.25) is 5.02 Å². The van der Waals surface area contributed by atoms with Crippen LogP contribution in [0.15, 0.2) is 42.5 Å². The van der Waals surface area contributed by atoms with Gasteiger partial charge in [-0.05, 0) is 41.0 Å². The predicted octanol–water partition coefficient (Wildman–Crippen LogP) is 3.26. The van der Waals surface area contributed by atoms with Gasteiger partial charge < -0.3 is 16.0 Å². The molecule has 3 rings (SSSR count). The van der Waals surface area contributed by atoms with Gasteiger partial charge >= 0.3 is 6.03 Å². The molecule has 0 aromatic heterocycles. The van der Waals surface area contributed by atoms with Gasteiger partial charge in [0.2, 0.25) is 0 Å². The molecule has 0 radical (unpaired) electrons. The molecular weight excluding hydrogens is 286 g/mol. The molecule has 1 heterocycles. The SMILES string of the molecule is O=C(NCc1ccc2c(c1)CNC2)Nc1ccc(Cl)cc1. The number of amides is 2. The molecule has 0 saturated heterocycles. The topological polar surface area (TPSA) is 53.2 Å². The molecule has 3 N–H and O–H groups in total. The Bertz CT molecular complexity index is 655. The maximum Gasteiger partial charge on any atom is 0.319 e. The van der Waals surface area contributed by atoms with Crippen LogP contribution >= 0.6 is 11.6 Å². The number of hydrogen-bond donors (Lipinski definition) is 3. The number of carbonyl (C=O) groups excluding carboxylic acids is 1. The molecule has 2 amide bonds. The van der Waals surface area contributed by atoms with Gasteiger partial charge in [0.1, 0.15) is 0 Å². The van der Waals surface area contributed by atoms with E-state index in [1.165, 1.54) is 11.1 Å².